The highest BCUT2D eigenvalue weighted by atomic mass is 16.5. The van der Waals surface area contributed by atoms with Gasteiger partial charge in [0.1, 0.15) is 18.1 Å². The second-order valence-electron chi connectivity index (χ2n) is 9.72. The van der Waals surface area contributed by atoms with Gasteiger partial charge in [-0.2, -0.15) is 0 Å². The highest BCUT2D eigenvalue weighted by Gasteiger charge is 2.47. The summed E-state index contributed by atoms with van der Waals surface area (Å²) in [5.74, 6) is -0.841. The number of rotatable bonds is 6. The molecule has 2 aliphatic rings. The van der Waals surface area contributed by atoms with Crippen molar-refractivity contribution in [2.24, 2.45) is 0 Å². The van der Waals surface area contributed by atoms with Crippen molar-refractivity contribution in [1.29, 1.82) is 0 Å². The van der Waals surface area contributed by atoms with Gasteiger partial charge in [-0.05, 0) is 68.8 Å². The first-order chi connectivity index (χ1) is 18.3. The van der Waals surface area contributed by atoms with E-state index in [0.29, 0.717) is 24.4 Å². The third-order valence-electron chi connectivity index (χ3n) is 7.42. The summed E-state index contributed by atoms with van der Waals surface area (Å²) >= 11 is 0. The van der Waals surface area contributed by atoms with Gasteiger partial charge in [0.15, 0.2) is 0 Å². The Morgan fingerprint density at radius 2 is 1.68 bits per heavy atom. The van der Waals surface area contributed by atoms with Crippen LogP contribution in [0.25, 0.3) is 5.76 Å². The number of aliphatic hydroxyl groups excluding tert-OH is 1. The van der Waals surface area contributed by atoms with Crippen molar-refractivity contribution >= 4 is 34.5 Å². The van der Waals surface area contributed by atoms with E-state index in [0.717, 1.165) is 41.3 Å². The summed E-state index contributed by atoms with van der Waals surface area (Å²) in [4.78, 5) is 32.8. The molecule has 0 aromatic heterocycles. The molecule has 5 rings (SSSR count). The molecule has 0 saturated carbocycles. The maximum absolute atomic E-state index is 13.5. The highest BCUT2D eigenvalue weighted by molar-refractivity contribution is 6.51. The zero-order valence-electron chi connectivity index (χ0n) is 22.3. The number of aliphatic hydroxyl groups is 1. The van der Waals surface area contributed by atoms with Crippen LogP contribution in [0.4, 0.5) is 17.1 Å². The molecule has 1 amide bonds. The predicted octanol–water partition coefficient (Wildman–Crippen LogP) is 5.30. The molecule has 7 heteroatoms. The largest absolute Gasteiger partial charge is 0.507 e. The molecule has 196 valence electrons. The number of likely N-dealkylation sites (N-methyl/N-ethyl adjacent to an activating group) is 1. The van der Waals surface area contributed by atoms with Crippen molar-refractivity contribution in [1.82, 2.24) is 0 Å². The molecule has 2 aliphatic heterocycles. The van der Waals surface area contributed by atoms with E-state index in [4.69, 9.17) is 4.74 Å². The van der Waals surface area contributed by atoms with Crippen LogP contribution in [-0.2, 0) is 9.59 Å². The fourth-order valence-corrected chi connectivity index (χ4v) is 5.23. The Morgan fingerprint density at radius 3 is 2.34 bits per heavy atom. The lowest BCUT2D eigenvalue weighted by atomic mass is 9.94. The summed E-state index contributed by atoms with van der Waals surface area (Å²) in [5.41, 5.74) is 4.83. The summed E-state index contributed by atoms with van der Waals surface area (Å²) in [6, 6.07) is 19.9. The monoisotopic (exact) mass is 511 g/mol. The summed E-state index contributed by atoms with van der Waals surface area (Å²) in [6.45, 7) is 9.21. The zero-order valence-corrected chi connectivity index (χ0v) is 22.3. The molecule has 1 N–H and O–H groups in total. The first-order valence-corrected chi connectivity index (χ1v) is 13.0. The van der Waals surface area contributed by atoms with E-state index in [2.05, 4.69) is 18.7 Å². The number of fused-ring (bicyclic) bond motifs is 1. The van der Waals surface area contributed by atoms with E-state index in [9.17, 15) is 14.7 Å². The Bertz CT molecular complexity index is 1390. The van der Waals surface area contributed by atoms with Crippen LogP contribution in [0.5, 0.6) is 5.75 Å². The minimum atomic E-state index is -0.770. The number of ketones is 1. The number of hydrogen-bond donors (Lipinski definition) is 1. The van der Waals surface area contributed by atoms with Crippen LogP contribution < -0.4 is 19.4 Å². The fourth-order valence-electron chi connectivity index (χ4n) is 5.23. The Hall–Kier alpha value is -4.26. The van der Waals surface area contributed by atoms with Crippen LogP contribution in [0.3, 0.4) is 0 Å². The number of ether oxygens (including phenoxy) is 1. The van der Waals surface area contributed by atoms with Crippen molar-refractivity contribution in [2.45, 2.75) is 26.8 Å². The van der Waals surface area contributed by atoms with Crippen molar-refractivity contribution in [2.75, 3.05) is 48.0 Å². The number of carbonyl (C=O) groups excluding carboxylic acids is 2. The maximum Gasteiger partial charge on any atom is 0.300 e. The summed E-state index contributed by atoms with van der Waals surface area (Å²) in [5, 5.41) is 11.6. The van der Waals surface area contributed by atoms with Gasteiger partial charge in [0.25, 0.3) is 11.7 Å². The minimum absolute atomic E-state index is 0.0745. The second-order valence-corrected chi connectivity index (χ2v) is 9.72. The Labute approximate surface area is 223 Å². The molecule has 1 fully saturated rings. The predicted molar refractivity (Wildman–Crippen MR) is 151 cm³/mol. The van der Waals surface area contributed by atoms with Crippen LogP contribution in [0.15, 0.2) is 72.3 Å². The molecule has 3 aromatic rings. The maximum atomic E-state index is 13.5. The first-order valence-electron chi connectivity index (χ1n) is 13.0. The van der Waals surface area contributed by atoms with Crippen molar-refractivity contribution in [3.05, 3.63) is 89.0 Å². The fraction of sp³-hybridized carbons (Fsp3) is 0.290. The molecule has 38 heavy (non-hydrogen) atoms. The van der Waals surface area contributed by atoms with Gasteiger partial charge >= 0.3 is 0 Å². The summed E-state index contributed by atoms with van der Waals surface area (Å²) in [7, 11) is 1.96. The molecule has 1 saturated heterocycles. The van der Waals surface area contributed by atoms with Crippen LogP contribution in [0.2, 0.25) is 0 Å². The normalized spacial score (nSPS) is 18.4. The average Bonchev–Trinajstić information content (AvgIpc) is 3.20. The van der Waals surface area contributed by atoms with Crippen molar-refractivity contribution in [3.8, 4) is 5.75 Å². The quantitative estimate of drug-likeness (QED) is 0.275. The molecular formula is C31H33N3O4. The molecule has 0 radical (unpaired) electrons. The van der Waals surface area contributed by atoms with Crippen molar-refractivity contribution < 1.29 is 19.4 Å². The molecule has 1 atom stereocenters. The third-order valence-corrected chi connectivity index (χ3v) is 7.42. The summed E-state index contributed by atoms with van der Waals surface area (Å²) in [6.07, 6.45) is 0. The number of aryl methyl sites for hydroxylation is 1. The number of nitrogens with zero attached hydrogens (tertiary/aromatic N) is 3. The number of anilines is 3. The van der Waals surface area contributed by atoms with Gasteiger partial charge in [0, 0.05) is 37.1 Å². The molecule has 1 unspecified atom stereocenters. The van der Waals surface area contributed by atoms with Crippen LogP contribution >= 0.6 is 0 Å². The number of amides is 1. The topological polar surface area (TPSA) is 73.3 Å². The van der Waals surface area contributed by atoms with Gasteiger partial charge in [-0.25, -0.2) is 0 Å². The molecule has 0 bridgehead atoms. The van der Waals surface area contributed by atoms with Gasteiger partial charge < -0.3 is 19.6 Å². The van der Waals surface area contributed by atoms with Gasteiger partial charge in [-0.1, -0.05) is 29.8 Å². The van der Waals surface area contributed by atoms with Gasteiger partial charge in [-0.3, -0.25) is 14.5 Å². The van der Waals surface area contributed by atoms with Crippen LogP contribution in [-0.4, -0.2) is 50.1 Å². The van der Waals surface area contributed by atoms with Crippen LogP contribution in [0.1, 0.15) is 36.6 Å². The number of benzene rings is 3. The number of hydrogen-bond acceptors (Lipinski definition) is 6. The zero-order chi connectivity index (χ0) is 27.0. The minimum Gasteiger partial charge on any atom is -0.507 e. The number of Topliss-reactive ketones (excluding diaryl/α,β-unsaturated/α-hetero) is 1. The molecule has 2 heterocycles. The molecule has 0 aliphatic carbocycles. The van der Waals surface area contributed by atoms with Gasteiger partial charge in [0.2, 0.25) is 0 Å². The average molecular weight is 512 g/mol. The highest BCUT2D eigenvalue weighted by Crippen LogP contribution is 2.43. The lowest BCUT2D eigenvalue weighted by molar-refractivity contribution is -0.132. The van der Waals surface area contributed by atoms with E-state index in [-0.39, 0.29) is 11.3 Å². The Balaban J connectivity index is 1.66. The third kappa shape index (κ3) is 4.38. The van der Waals surface area contributed by atoms with E-state index >= 15 is 0 Å². The molecule has 0 spiro atoms. The molecule has 3 aromatic carbocycles. The Kier molecular flexibility index (Phi) is 6.85. The Morgan fingerprint density at radius 1 is 1.00 bits per heavy atom. The second kappa shape index (κ2) is 10.2. The van der Waals surface area contributed by atoms with E-state index in [1.165, 1.54) is 4.90 Å². The van der Waals surface area contributed by atoms with E-state index < -0.39 is 17.7 Å². The lowest BCUT2D eigenvalue weighted by Crippen LogP contribution is -2.29. The van der Waals surface area contributed by atoms with E-state index in [1.807, 2.05) is 73.5 Å². The number of carbonyl (C=O) groups is 2. The van der Waals surface area contributed by atoms with Gasteiger partial charge in [-0.15, -0.1) is 0 Å². The standard InChI is InChI=1S/C31H33N3O4/c1-5-33(6-2)23-14-9-21(10-15-23)28-27(30(36)31(37)34(28)24-12-7-20(3)8-13-24)29(35)22-11-16-26-25(19-22)32(4)17-18-38-26/h7-16,19,28,35H,5-6,17-18H2,1-4H3/b29-27-. The SMILES string of the molecule is CCN(CC)c1ccc(C2/C(=C(/O)c3ccc4c(c3)N(C)CCO4)C(=O)C(=O)N2c2ccc(C)cc2)cc1. The smallest absolute Gasteiger partial charge is 0.300 e. The van der Waals surface area contributed by atoms with Gasteiger partial charge in [0.05, 0.1) is 23.8 Å². The van der Waals surface area contributed by atoms with Crippen LogP contribution in [0, 0.1) is 6.92 Å². The first kappa shape index (κ1) is 25.4. The summed E-state index contributed by atoms with van der Waals surface area (Å²) < 4.78 is 5.74. The van der Waals surface area contributed by atoms with E-state index in [1.54, 1.807) is 12.1 Å². The lowest BCUT2D eigenvalue weighted by Gasteiger charge is -2.28. The van der Waals surface area contributed by atoms with Crippen molar-refractivity contribution in [3.63, 3.8) is 0 Å². The molecule has 7 nitrogen and oxygen atoms in total. The molecular weight excluding hydrogens is 478 g/mol.